The molecule has 2 atom stereocenters. The first kappa shape index (κ1) is 29.9. The zero-order chi connectivity index (χ0) is 29.0. The fourth-order valence-corrected chi connectivity index (χ4v) is 6.20. The first-order valence-corrected chi connectivity index (χ1v) is 14.8. The lowest BCUT2D eigenvalue weighted by Crippen LogP contribution is -2.57. The van der Waals surface area contributed by atoms with Crippen LogP contribution in [0, 0.1) is 5.41 Å². The number of ether oxygens (including phenoxy) is 1. The van der Waals surface area contributed by atoms with Crippen molar-refractivity contribution in [1.29, 1.82) is 0 Å². The first-order valence-electron chi connectivity index (χ1n) is 14.8. The van der Waals surface area contributed by atoms with Gasteiger partial charge in [0.2, 0.25) is 5.91 Å². The van der Waals surface area contributed by atoms with E-state index in [1.165, 1.54) is 19.3 Å². The second-order valence-electron chi connectivity index (χ2n) is 12.0. The predicted molar refractivity (Wildman–Crippen MR) is 161 cm³/mol. The monoisotopic (exact) mass is 552 g/mol. The summed E-state index contributed by atoms with van der Waals surface area (Å²) in [6.45, 7) is 10.6. The van der Waals surface area contributed by atoms with E-state index in [9.17, 15) is 9.59 Å². The molecule has 0 bridgehead atoms. The third-order valence-electron chi connectivity index (χ3n) is 8.82. The van der Waals surface area contributed by atoms with Crippen LogP contribution < -0.4 is 15.4 Å². The van der Waals surface area contributed by atoms with E-state index in [1.807, 2.05) is 46.2 Å². The van der Waals surface area contributed by atoms with Crippen molar-refractivity contribution in [1.82, 2.24) is 20.0 Å². The number of amides is 2. The van der Waals surface area contributed by atoms with Crippen LogP contribution in [-0.4, -0.2) is 91.4 Å². The Balaban J connectivity index is 1.61. The average Bonchev–Trinajstić information content (AvgIpc) is 3.01. The molecule has 1 aromatic rings. The summed E-state index contributed by atoms with van der Waals surface area (Å²) in [5, 5.41) is 6.56. The molecule has 2 saturated heterocycles. The average molecular weight is 553 g/mol. The number of amidine groups is 1. The fraction of sp³-hybridized carbons (Fsp3) is 0.645. The van der Waals surface area contributed by atoms with Gasteiger partial charge in [-0.05, 0) is 65.3 Å². The van der Waals surface area contributed by atoms with Gasteiger partial charge in [0.25, 0.3) is 5.91 Å². The molecular weight excluding hydrogens is 504 g/mol. The van der Waals surface area contributed by atoms with Gasteiger partial charge in [-0.15, -0.1) is 0 Å². The van der Waals surface area contributed by atoms with Gasteiger partial charge < -0.3 is 30.1 Å². The number of likely N-dealkylation sites (N-methyl/N-ethyl adjacent to an activating group) is 2. The number of aliphatic imine (C=N–C) groups is 1. The van der Waals surface area contributed by atoms with Crippen molar-refractivity contribution in [2.75, 3.05) is 46.2 Å². The third kappa shape index (κ3) is 6.29. The highest BCUT2D eigenvalue weighted by molar-refractivity contribution is 6.04. The number of methoxy groups -OCH3 is 1. The van der Waals surface area contributed by atoms with E-state index in [2.05, 4.69) is 34.3 Å². The van der Waals surface area contributed by atoms with Crippen molar-refractivity contribution >= 4 is 23.3 Å². The van der Waals surface area contributed by atoms with E-state index in [1.54, 1.807) is 18.1 Å². The van der Waals surface area contributed by atoms with Gasteiger partial charge in [0.15, 0.2) is 0 Å². The van der Waals surface area contributed by atoms with Crippen molar-refractivity contribution in [2.45, 2.75) is 84.5 Å². The lowest BCUT2D eigenvalue weighted by Gasteiger charge is -2.39. The molecule has 0 aromatic heterocycles. The number of carbonyl (C=O) groups excluding carboxylic acids is 2. The highest BCUT2D eigenvalue weighted by Crippen LogP contribution is 2.36. The maximum absolute atomic E-state index is 13.6. The van der Waals surface area contributed by atoms with E-state index >= 15 is 0 Å². The smallest absolute Gasteiger partial charge is 0.251 e. The number of likely N-dealkylation sites (tertiary alicyclic amines) is 1. The zero-order valence-electron chi connectivity index (χ0n) is 25.4. The van der Waals surface area contributed by atoms with Gasteiger partial charge in [-0.3, -0.25) is 9.59 Å². The highest BCUT2D eigenvalue weighted by atomic mass is 16.5. The molecule has 2 aliphatic heterocycles. The first-order chi connectivity index (χ1) is 19.1. The van der Waals surface area contributed by atoms with E-state index < -0.39 is 5.41 Å². The van der Waals surface area contributed by atoms with Crippen LogP contribution in [0.15, 0.2) is 35.0 Å². The summed E-state index contributed by atoms with van der Waals surface area (Å²) in [7, 11) is 5.52. The third-order valence-corrected chi connectivity index (χ3v) is 8.82. The van der Waals surface area contributed by atoms with Crippen LogP contribution in [-0.2, 0) is 4.79 Å². The Morgan fingerprint density at radius 1 is 1.23 bits per heavy atom. The number of nitrogens with one attached hydrogen (secondary N) is 2. The molecule has 2 amide bonds. The Labute approximate surface area is 240 Å². The Bertz CT molecular complexity index is 1140. The summed E-state index contributed by atoms with van der Waals surface area (Å²) >= 11 is 0. The van der Waals surface area contributed by atoms with Gasteiger partial charge in [-0.1, -0.05) is 32.3 Å². The standard InChI is InChI=1S/C31H48N6O3/c1-8-26-28(37(24-13-11-10-12-14-24)20-31(4,9-2)30(39)36(26)6)33-21(3)32-25-16-15-22(17-27(25)40-7)29(38)34-23-18-35(5)19-23/h8,15-17,21,23-24,32H,9-14,18-20H2,1-7H3,(H,34,38)/t21?,31-/m0/s1. The topological polar surface area (TPSA) is 89.5 Å². The summed E-state index contributed by atoms with van der Waals surface area (Å²) < 4.78 is 5.67. The molecule has 1 aliphatic carbocycles. The number of hydrogen-bond donors (Lipinski definition) is 2. The summed E-state index contributed by atoms with van der Waals surface area (Å²) in [6.07, 6.45) is 8.38. The highest BCUT2D eigenvalue weighted by Gasteiger charge is 2.44. The fourth-order valence-electron chi connectivity index (χ4n) is 6.20. The largest absolute Gasteiger partial charge is 0.495 e. The maximum Gasteiger partial charge on any atom is 0.251 e. The number of anilines is 1. The number of nitrogens with zero attached hydrogens (tertiary/aromatic N) is 4. The second kappa shape index (κ2) is 12.6. The number of carbonyl (C=O) groups is 2. The molecule has 40 heavy (non-hydrogen) atoms. The quantitative estimate of drug-likeness (QED) is 0.499. The molecule has 4 rings (SSSR count). The summed E-state index contributed by atoms with van der Waals surface area (Å²) in [4.78, 5) is 38.0. The van der Waals surface area contributed by atoms with Crippen LogP contribution in [0.4, 0.5) is 5.69 Å². The Kier molecular flexibility index (Phi) is 9.44. The molecule has 2 N–H and O–H groups in total. The molecule has 3 aliphatic rings. The van der Waals surface area contributed by atoms with Gasteiger partial charge >= 0.3 is 0 Å². The summed E-state index contributed by atoms with van der Waals surface area (Å²) in [5.74, 6) is 1.50. The van der Waals surface area contributed by atoms with Crippen LogP contribution in [0.2, 0.25) is 0 Å². The SMILES string of the molecule is CC=C1C(=NC(C)Nc2ccc(C(=O)NC3CN(C)C3)cc2OC)N(C2CCCCC2)C[C@](C)(CC)C(=O)N1C. The van der Waals surface area contributed by atoms with Crippen molar-refractivity contribution in [3.05, 3.63) is 35.5 Å². The molecule has 2 heterocycles. The minimum atomic E-state index is -0.483. The lowest BCUT2D eigenvalue weighted by molar-refractivity contribution is -0.138. The number of allylic oxidation sites excluding steroid dienone is 1. The van der Waals surface area contributed by atoms with E-state index in [0.29, 0.717) is 23.9 Å². The van der Waals surface area contributed by atoms with Gasteiger partial charge in [-0.2, -0.15) is 0 Å². The molecule has 1 saturated carbocycles. The van der Waals surface area contributed by atoms with Crippen molar-refractivity contribution in [2.24, 2.45) is 10.4 Å². The molecule has 1 aromatic carbocycles. The minimum absolute atomic E-state index is 0.0952. The molecule has 0 radical (unpaired) electrons. The van der Waals surface area contributed by atoms with E-state index in [4.69, 9.17) is 9.73 Å². The molecule has 3 fully saturated rings. The predicted octanol–water partition coefficient (Wildman–Crippen LogP) is 4.32. The Hall–Kier alpha value is -3.07. The molecule has 220 valence electrons. The molecule has 0 spiro atoms. The van der Waals surface area contributed by atoms with Crippen molar-refractivity contribution < 1.29 is 14.3 Å². The molecule has 9 heteroatoms. The van der Waals surface area contributed by atoms with Crippen LogP contribution in [0.3, 0.4) is 0 Å². The number of rotatable bonds is 8. The maximum atomic E-state index is 13.6. The summed E-state index contributed by atoms with van der Waals surface area (Å²) in [6, 6.07) is 6.02. The van der Waals surface area contributed by atoms with Gasteiger partial charge in [-0.25, -0.2) is 4.99 Å². The zero-order valence-corrected chi connectivity index (χ0v) is 25.4. The van der Waals surface area contributed by atoms with Crippen LogP contribution in [0.5, 0.6) is 5.75 Å². The lowest BCUT2D eigenvalue weighted by atomic mass is 9.84. The van der Waals surface area contributed by atoms with Crippen LogP contribution >= 0.6 is 0 Å². The second-order valence-corrected chi connectivity index (χ2v) is 12.0. The van der Waals surface area contributed by atoms with Gasteiger partial charge in [0, 0.05) is 38.3 Å². The van der Waals surface area contributed by atoms with E-state index in [-0.39, 0.29) is 24.0 Å². The Morgan fingerprint density at radius 2 is 1.93 bits per heavy atom. The van der Waals surface area contributed by atoms with Crippen molar-refractivity contribution in [3.63, 3.8) is 0 Å². The number of benzene rings is 1. The van der Waals surface area contributed by atoms with Crippen LogP contribution in [0.25, 0.3) is 0 Å². The molecule has 9 nitrogen and oxygen atoms in total. The normalized spacial score (nSPS) is 26.0. The molecular formula is C31H48N6O3. The van der Waals surface area contributed by atoms with E-state index in [0.717, 1.165) is 49.6 Å². The Morgan fingerprint density at radius 3 is 2.52 bits per heavy atom. The van der Waals surface area contributed by atoms with Gasteiger partial charge in [0.05, 0.1) is 30.0 Å². The minimum Gasteiger partial charge on any atom is -0.495 e. The van der Waals surface area contributed by atoms with Crippen molar-refractivity contribution in [3.8, 4) is 5.75 Å². The summed E-state index contributed by atoms with van der Waals surface area (Å²) in [5.41, 5.74) is 1.70. The molecule has 1 unspecified atom stereocenters. The van der Waals surface area contributed by atoms with Crippen LogP contribution in [0.1, 0.15) is 76.6 Å². The van der Waals surface area contributed by atoms with Gasteiger partial charge in [0.1, 0.15) is 17.8 Å². The number of hydrogen-bond acceptors (Lipinski definition) is 6.